The molecule has 0 aromatic heterocycles. The molecule has 1 aromatic rings. The van der Waals surface area contributed by atoms with Gasteiger partial charge in [0.2, 0.25) is 11.8 Å². The summed E-state index contributed by atoms with van der Waals surface area (Å²) in [6, 6.07) is 7.23. The Labute approximate surface area is 147 Å². The van der Waals surface area contributed by atoms with Gasteiger partial charge < -0.3 is 19.6 Å². The maximum Gasteiger partial charge on any atom is 0.306 e. The zero-order chi connectivity index (χ0) is 18.4. The quantitative estimate of drug-likeness (QED) is 0.829. The summed E-state index contributed by atoms with van der Waals surface area (Å²) in [5, 5.41) is 8.99. The van der Waals surface area contributed by atoms with Crippen molar-refractivity contribution in [2.24, 2.45) is 5.92 Å². The number of carboxylic acid groups (broad SMARTS) is 1. The van der Waals surface area contributed by atoms with Crippen LogP contribution >= 0.6 is 0 Å². The van der Waals surface area contributed by atoms with E-state index in [1.807, 2.05) is 12.1 Å². The molecule has 25 heavy (non-hydrogen) atoms. The minimum atomic E-state index is -0.807. The van der Waals surface area contributed by atoms with Crippen LogP contribution in [0.2, 0.25) is 0 Å². The maximum absolute atomic E-state index is 12.3. The van der Waals surface area contributed by atoms with Gasteiger partial charge in [-0.15, -0.1) is 0 Å². The monoisotopic (exact) mass is 348 g/mol. The Morgan fingerprint density at radius 1 is 1.20 bits per heavy atom. The number of carbonyl (C=O) groups is 3. The highest BCUT2D eigenvalue weighted by atomic mass is 16.5. The van der Waals surface area contributed by atoms with Gasteiger partial charge in [0.25, 0.3) is 0 Å². The van der Waals surface area contributed by atoms with Gasteiger partial charge in [-0.3, -0.25) is 14.4 Å². The maximum atomic E-state index is 12.3. The number of carbonyl (C=O) groups excluding carboxylic acids is 2. The first kappa shape index (κ1) is 18.8. The van der Waals surface area contributed by atoms with Gasteiger partial charge in [-0.1, -0.05) is 12.1 Å². The van der Waals surface area contributed by atoms with Gasteiger partial charge in [-0.2, -0.15) is 0 Å². The Kier molecular flexibility index (Phi) is 6.38. The van der Waals surface area contributed by atoms with Crippen molar-refractivity contribution in [2.75, 3.05) is 33.8 Å². The molecule has 0 spiro atoms. The van der Waals surface area contributed by atoms with Gasteiger partial charge in [0.15, 0.2) is 0 Å². The smallest absolute Gasteiger partial charge is 0.306 e. The van der Waals surface area contributed by atoms with Gasteiger partial charge in [0.1, 0.15) is 5.75 Å². The molecule has 136 valence electrons. The summed E-state index contributed by atoms with van der Waals surface area (Å²) in [6.07, 6.45) is 1.14. The normalized spacial score (nSPS) is 14.9. The molecule has 1 aliphatic rings. The molecular weight excluding hydrogens is 324 g/mol. The summed E-state index contributed by atoms with van der Waals surface area (Å²) < 4.78 is 5.08. The predicted octanol–water partition coefficient (Wildman–Crippen LogP) is 1.02. The van der Waals surface area contributed by atoms with Crippen LogP contribution in [0.5, 0.6) is 5.75 Å². The zero-order valence-electron chi connectivity index (χ0n) is 14.6. The number of likely N-dealkylation sites (tertiary alicyclic amines) is 1. The van der Waals surface area contributed by atoms with E-state index in [1.54, 1.807) is 31.2 Å². The van der Waals surface area contributed by atoms with Gasteiger partial charge >= 0.3 is 5.97 Å². The summed E-state index contributed by atoms with van der Waals surface area (Å²) in [6.45, 7) is 0.860. The number of rotatable bonds is 6. The van der Waals surface area contributed by atoms with E-state index in [0.717, 1.165) is 11.3 Å². The highest BCUT2D eigenvalue weighted by molar-refractivity contribution is 5.86. The second-order valence-electron chi connectivity index (χ2n) is 6.27. The largest absolute Gasteiger partial charge is 0.497 e. The minimum absolute atomic E-state index is 0.00667. The van der Waals surface area contributed by atoms with E-state index in [1.165, 1.54) is 4.90 Å². The number of likely N-dealkylation sites (N-methyl/N-ethyl adjacent to an activating group) is 1. The van der Waals surface area contributed by atoms with E-state index >= 15 is 0 Å². The summed E-state index contributed by atoms with van der Waals surface area (Å²) >= 11 is 0. The molecule has 0 bridgehead atoms. The molecule has 0 saturated carbocycles. The number of carboxylic acids is 1. The van der Waals surface area contributed by atoms with Gasteiger partial charge in [-0.25, -0.2) is 0 Å². The highest BCUT2D eigenvalue weighted by Crippen LogP contribution is 2.17. The molecule has 1 heterocycles. The van der Waals surface area contributed by atoms with Crippen LogP contribution in [-0.4, -0.2) is 66.5 Å². The standard InChI is InChI=1S/C18H24N2O5/c1-19(16(21)11-13-3-5-15(25-2)6-4-13)12-17(22)20-9-7-14(8-10-20)18(23)24/h3-6,14H,7-12H2,1-2H3,(H,23,24). The first-order valence-electron chi connectivity index (χ1n) is 8.28. The fourth-order valence-electron chi connectivity index (χ4n) is 2.82. The molecule has 0 unspecified atom stereocenters. The van der Waals surface area contributed by atoms with Crippen LogP contribution in [0.25, 0.3) is 0 Å². The molecule has 1 N–H and O–H groups in total. The average molecular weight is 348 g/mol. The molecule has 2 amide bonds. The Morgan fingerprint density at radius 3 is 2.32 bits per heavy atom. The second-order valence-corrected chi connectivity index (χ2v) is 6.27. The molecule has 1 saturated heterocycles. The van der Waals surface area contributed by atoms with Crippen molar-refractivity contribution in [1.82, 2.24) is 9.80 Å². The van der Waals surface area contributed by atoms with Crippen molar-refractivity contribution < 1.29 is 24.2 Å². The zero-order valence-corrected chi connectivity index (χ0v) is 14.6. The van der Waals surface area contributed by atoms with Crippen LogP contribution in [0, 0.1) is 5.92 Å². The Morgan fingerprint density at radius 2 is 1.80 bits per heavy atom. The van der Waals surface area contributed by atoms with Gasteiger partial charge in [-0.05, 0) is 30.5 Å². The van der Waals surface area contributed by atoms with E-state index in [-0.39, 0.29) is 30.7 Å². The van der Waals surface area contributed by atoms with Gasteiger partial charge in [0.05, 0.1) is 26.0 Å². The van der Waals surface area contributed by atoms with Crippen molar-refractivity contribution in [3.8, 4) is 5.75 Å². The number of piperidine rings is 1. The fourth-order valence-corrected chi connectivity index (χ4v) is 2.82. The van der Waals surface area contributed by atoms with E-state index in [9.17, 15) is 14.4 Å². The first-order valence-corrected chi connectivity index (χ1v) is 8.28. The number of aliphatic carboxylic acids is 1. The number of methoxy groups -OCH3 is 1. The predicted molar refractivity (Wildman–Crippen MR) is 91.3 cm³/mol. The Bertz CT molecular complexity index is 621. The third-order valence-electron chi connectivity index (χ3n) is 4.51. The third-order valence-corrected chi connectivity index (χ3v) is 4.51. The molecule has 1 fully saturated rings. The van der Waals surface area contributed by atoms with E-state index < -0.39 is 5.97 Å². The molecule has 0 atom stereocenters. The van der Waals surface area contributed by atoms with E-state index in [0.29, 0.717) is 25.9 Å². The first-order chi connectivity index (χ1) is 11.9. The lowest BCUT2D eigenvalue weighted by molar-refractivity contribution is -0.146. The van der Waals surface area contributed by atoms with Gasteiger partial charge in [0, 0.05) is 20.1 Å². The summed E-state index contributed by atoms with van der Waals surface area (Å²) in [5.74, 6) is -0.741. The van der Waals surface area contributed by atoms with Crippen molar-refractivity contribution in [2.45, 2.75) is 19.3 Å². The van der Waals surface area contributed by atoms with Crippen molar-refractivity contribution in [3.05, 3.63) is 29.8 Å². The lowest BCUT2D eigenvalue weighted by Gasteiger charge is -2.31. The number of nitrogens with zero attached hydrogens (tertiary/aromatic N) is 2. The van der Waals surface area contributed by atoms with Crippen LogP contribution in [0.3, 0.4) is 0 Å². The van der Waals surface area contributed by atoms with Crippen molar-refractivity contribution in [1.29, 1.82) is 0 Å². The van der Waals surface area contributed by atoms with E-state index in [2.05, 4.69) is 0 Å². The molecule has 1 aromatic carbocycles. The molecule has 0 radical (unpaired) electrons. The van der Waals surface area contributed by atoms with Crippen molar-refractivity contribution >= 4 is 17.8 Å². The van der Waals surface area contributed by atoms with Crippen LogP contribution in [0.1, 0.15) is 18.4 Å². The Balaban J connectivity index is 1.81. The summed E-state index contributed by atoms with van der Waals surface area (Å²) in [4.78, 5) is 38.6. The van der Waals surface area contributed by atoms with E-state index in [4.69, 9.17) is 9.84 Å². The molecule has 1 aliphatic heterocycles. The lowest BCUT2D eigenvalue weighted by Crippen LogP contribution is -2.45. The second kappa shape index (κ2) is 8.50. The average Bonchev–Trinajstić information content (AvgIpc) is 2.62. The Hall–Kier alpha value is -2.57. The van der Waals surface area contributed by atoms with Crippen LogP contribution in [0.15, 0.2) is 24.3 Å². The molecular formula is C18H24N2O5. The summed E-state index contributed by atoms with van der Waals surface area (Å²) in [5.41, 5.74) is 0.854. The van der Waals surface area contributed by atoms with Crippen LogP contribution in [0.4, 0.5) is 0 Å². The fraction of sp³-hybridized carbons (Fsp3) is 0.500. The molecule has 7 heteroatoms. The SMILES string of the molecule is COc1ccc(CC(=O)N(C)CC(=O)N2CCC(C(=O)O)CC2)cc1. The lowest BCUT2D eigenvalue weighted by atomic mass is 9.97. The third kappa shape index (κ3) is 5.20. The number of amides is 2. The number of ether oxygens (including phenoxy) is 1. The van der Waals surface area contributed by atoms with Crippen molar-refractivity contribution in [3.63, 3.8) is 0 Å². The molecule has 0 aliphatic carbocycles. The number of hydrogen-bond acceptors (Lipinski definition) is 4. The number of benzene rings is 1. The van der Waals surface area contributed by atoms with Crippen LogP contribution < -0.4 is 4.74 Å². The summed E-state index contributed by atoms with van der Waals surface area (Å²) in [7, 11) is 3.19. The van der Waals surface area contributed by atoms with Crippen LogP contribution in [-0.2, 0) is 20.8 Å². The molecule has 2 rings (SSSR count). The topological polar surface area (TPSA) is 87.2 Å². The highest BCUT2D eigenvalue weighted by Gasteiger charge is 2.27. The molecule has 7 nitrogen and oxygen atoms in total. The minimum Gasteiger partial charge on any atom is -0.497 e. The number of hydrogen-bond donors (Lipinski definition) is 1.